The highest BCUT2D eigenvalue weighted by Gasteiger charge is 2.31. The normalized spacial score (nSPS) is 32.9. The van der Waals surface area contributed by atoms with Gasteiger partial charge in [0.2, 0.25) is 0 Å². The van der Waals surface area contributed by atoms with E-state index < -0.39 is 5.60 Å². The third-order valence-corrected chi connectivity index (χ3v) is 3.26. The molecular formula is C11H20BrNO. The van der Waals surface area contributed by atoms with E-state index in [0.29, 0.717) is 6.54 Å². The number of hydrogen-bond acceptors (Lipinski definition) is 2. The van der Waals surface area contributed by atoms with Gasteiger partial charge in [-0.05, 0) is 31.6 Å². The summed E-state index contributed by atoms with van der Waals surface area (Å²) in [6.07, 6.45) is 4.15. The highest BCUT2D eigenvalue weighted by molar-refractivity contribution is 9.11. The van der Waals surface area contributed by atoms with Gasteiger partial charge in [0.15, 0.2) is 0 Å². The fourth-order valence-corrected chi connectivity index (χ4v) is 2.11. The number of rotatable bonds is 4. The maximum absolute atomic E-state index is 10.2. The van der Waals surface area contributed by atoms with Crippen LogP contribution in [0.1, 0.15) is 32.6 Å². The standard InChI is InChI=1S/C11H20BrNO/c1-9-3-5-11(14,6-4-9)8-13-7-10(2)12/h9,13-14H,2-8H2,1H3. The van der Waals surface area contributed by atoms with E-state index in [1.54, 1.807) is 0 Å². The van der Waals surface area contributed by atoms with Crippen molar-refractivity contribution in [3.8, 4) is 0 Å². The molecule has 0 aromatic rings. The SMILES string of the molecule is C=C(Br)CNCC1(O)CCC(C)CC1. The van der Waals surface area contributed by atoms with Gasteiger partial charge in [0.05, 0.1) is 5.60 Å². The topological polar surface area (TPSA) is 32.3 Å². The molecule has 0 spiro atoms. The van der Waals surface area contributed by atoms with Crippen molar-refractivity contribution in [1.82, 2.24) is 5.32 Å². The predicted molar refractivity (Wildman–Crippen MR) is 63.5 cm³/mol. The molecule has 14 heavy (non-hydrogen) atoms. The lowest BCUT2D eigenvalue weighted by atomic mass is 9.79. The third-order valence-electron chi connectivity index (χ3n) is 2.98. The zero-order valence-electron chi connectivity index (χ0n) is 8.85. The van der Waals surface area contributed by atoms with Crippen LogP contribution in [0.4, 0.5) is 0 Å². The lowest BCUT2D eigenvalue weighted by Gasteiger charge is -2.35. The monoisotopic (exact) mass is 261 g/mol. The molecule has 1 fully saturated rings. The number of aliphatic hydroxyl groups is 1. The van der Waals surface area contributed by atoms with Gasteiger partial charge in [0.1, 0.15) is 0 Å². The summed E-state index contributed by atoms with van der Waals surface area (Å²) >= 11 is 3.29. The largest absolute Gasteiger partial charge is 0.389 e. The summed E-state index contributed by atoms with van der Waals surface area (Å²) in [7, 11) is 0. The van der Waals surface area contributed by atoms with Crippen molar-refractivity contribution in [2.24, 2.45) is 5.92 Å². The number of halogens is 1. The van der Waals surface area contributed by atoms with Gasteiger partial charge in [0.25, 0.3) is 0 Å². The van der Waals surface area contributed by atoms with Gasteiger partial charge in [-0.2, -0.15) is 0 Å². The predicted octanol–water partition coefficient (Wildman–Crippen LogP) is 2.43. The zero-order valence-corrected chi connectivity index (χ0v) is 10.4. The summed E-state index contributed by atoms with van der Waals surface area (Å²) in [6.45, 7) is 7.42. The highest BCUT2D eigenvalue weighted by atomic mass is 79.9. The third kappa shape index (κ3) is 4.11. The van der Waals surface area contributed by atoms with Gasteiger partial charge in [-0.3, -0.25) is 0 Å². The van der Waals surface area contributed by atoms with E-state index in [-0.39, 0.29) is 0 Å². The van der Waals surface area contributed by atoms with E-state index in [1.807, 2.05) is 0 Å². The van der Waals surface area contributed by atoms with Crippen LogP contribution in [0.3, 0.4) is 0 Å². The lowest BCUT2D eigenvalue weighted by Crippen LogP contribution is -2.43. The molecule has 1 saturated carbocycles. The Morgan fingerprint density at radius 2 is 2.14 bits per heavy atom. The molecule has 0 bridgehead atoms. The molecule has 82 valence electrons. The maximum atomic E-state index is 10.2. The summed E-state index contributed by atoms with van der Waals surface area (Å²) in [4.78, 5) is 0. The molecule has 0 heterocycles. The van der Waals surface area contributed by atoms with Crippen LogP contribution >= 0.6 is 15.9 Å². The minimum absolute atomic E-state index is 0.477. The second-order valence-corrected chi connectivity index (χ2v) is 5.65. The molecule has 0 amide bonds. The Hall–Kier alpha value is 0.140. The quantitative estimate of drug-likeness (QED) is 0.815. The summed E-state index contributed by atoms with van der Waals surface area (Å²) in [5.74, 6) is 0.779. The van der Waals surface area contributed by atoms with Gasteiger partial charge in [-0.1, -0.05) is 29.4 Å². The molecule has 1 aliphatic rings. The molecule has 2 nitrogen and oxygen atoms in total. The summed E-state index contributed by atoms with van der Waals surface area (Å²) in [5.41, 5.74) is -0.477. The Balaban J connectivity index is 2.25. The van der Waals surface area contributed by atoms with Crippen molar-refractivity contribution in [3.63, 3.8) is 0 Å². The van der Waals surface area contributed by atoms with Gasteiger partial charge in [-0.25, -0.2) is 0 Å². The van der Waals surface area contributed by atoms with Crippen LogP contribution in [0, 0.1) is 5.92 Å². The van der Waals surface area contributed by atoms with Crippen molar-refractivity contribution < 1.29 is 5.11 Å². The number of hydrogen-bond donors (Lipinski definition) is 2. The smallest absolute Gasteiger partial charge is 0.0771 e. The Kier molecular flexibility index (Phi) is 4.61. The summed E-state index contributed by atoms with van der Waals surface area (Å²) in [6, 6.07) is 0. The minimum Gasteiger partial charge on any atom is -0.389 e. The average molecular weight is 262 g/mol. The summed E-state index contributed by atoms with van der Waals surface area (Å²) in [5, 5.41) is 13.4. The lowest BCUT2D eigenvalue weighted by molar-refractivity contribution is -0.00532. The average Bonchev–Trinajstić information content (AvgIpc) is 2.10. The Bertz CT molecular complexity index is 197. The van der Waals surface area contributed by atoms with E-state index in [4.69, 9.17) is 0 Å². The first-order valence-electron chi connectivity index (χ1n) is 5.28. The molecular weight excluding hydrogens is 242 g/mol. The van der Waals surface area contributed by atoms with Gasteiger partial charge in [0, 0.05) is 17.6 Å². The molecule has 1 rings (SSSR count). The van der Waals surface area contributed by atoms with E-state index >= 15 is 0 Å². The van der Waals surface area contributed by atoms with Gasteiger partial charge in [-0.15, -0.1) is 0 Å². The fraction of sp³-hybridized carbons (Fsp3) is 0.818. The second-order valence-electron chi connectivity index (χ2n) is 4.53. The van der Waals surface area contributed by atoms with Crippen LogP contribution in [-0.2, 0) is 0 Å². The van der Waals surface area contributed by atoms with Crippen molar-refractivity contribution in [2.75, 3.05) is 13.1 Å². The molecule has 0 radical (unpaired) electrons. The van der Waals surface area contributed by atoms with Crippen molar-refractivity contribution >= 4 is 15.9 Å². The summed E-state index contributed by atoms with van der Waals surface area (Å²) < 4.78 is 0.935. The van der Waals surface area contributed by atoms with E-state index in [0.717, 1.165) is 42.6 Å². The van der Waals surface area contributed by atoms with Crippen LogP contribution in [0.25, 0.3) is 0 Å². The molecule has 0 saturated heterocycles. The Labute approximate surface area is 94.9 Å². The van der Waals surface area contributed by atoms with Crippen LogP contribution in [-0.4, -0.2) is 23.8 Å². The Morgan fingerprint density at radius 3 is 2.64 bits per heavy atom. The van der Waals surface area contributed by atoms with Crippen LogP contribution in [0.15, 0.2) is 11.1 Å². The molecule has 0 aromatic heterocycles. The van der Waals surface area contributed by atoms with Crippen LogP contribution < -0.4 is 5.32 Å². The first-order valence-corrected chi connectivity index (χ1v) is 6.07. The molecule has 0 aromatic carbocycles. The van der Waals surface area contributed by atoms with Gasteiger partial charge < -0.3 is 10.4 Å². The zero-order chi connectivity index (χ0) is 10.6. The van der Waals surface area contributed by atoms with Gasteiger partial charge >= 0.3 is 0 Å². The highest BCUT2D eigenvalue weighted by Crippen LogP contribution is 2.31. The molecule has 3 heteroatoms. The first-order chi connectivity index (χ1) is 6.52. The van der Waals surface area contributed by atoms with E-state index in [2.05, 4.69) is 34.7 Å². The minimum atomic E-state index is -0.477. The van der Waals surface area contributed by atoms with E-state index in [9.17, 15) is 5.11 Å². The number of nitrogens with one attached hydrogen (secondary N) is 1. The molecule has 0 unspecified atom stereocenters. The Morgan fingerprint density at radius 1 is 1.57 bits per heavy atom. The van der Waals surface area contributed by atoms with Crippen molar-refractivity contribution in [1.29, 1.82) is 0 Å². The van der Waals surface area contributed by atoms with Crippen molar-refractivity contribution in [2.45, 2.75) is 38.2 Å². The van der Waals surface area contributed by atoms with Crippen LogP contribution in [0.2, 0.25) is 0 Å². The maximum Gasteiger partial charge on any atom is 0.0771 e. The van der Waals surface area contributed by atoms with E-state index in [1.165, 1.54) is 0 Å². The molecule has 0 atom stereocenters. The molecule has 2 N–H and O–H groups in total. The van der Waals surface area contributed by atoms with Crippen LogP contribution in [0.5, 0.6) is 0 Å². The van der Waals surface area contributed by atoms with Crippen molar-refractivity contribution in [3.05, 3.63) is 11.1 Å². The molecule has 1 aliphatic carbocycles. The molecule has 0 aliphatic heterocycles. The fourth-order valence-electron chi connectivity index (χ4n) is 1.91. The second kappa shape index (κ2) is 5.29. The first kappa shape index (κ1) is 12.2.